The molecule has 1 aromatic carbocycles. The lowest BCUT2D eigenvalue weighted by Gasteiger charge is -2.33. The van der Waals surface area contributed by atoms with E-state index < -0.39 is 16.0 Å². The lowest BCUT2D eigenvalue weighted by molar-refractivity contribution is -0.135. The Morgan fingerprint density at radius 2 is 1.66 bits per heavy atom. The van der Waals surface area contributed by atoms with E-state index in [1.54, 1.807) is 6.08 Å². The van der Waals surface area contributed by atoms with Crippen LogP contribution in [0, 0.1) is 0 Å². The molecule has 0 N–H and O–H groups in total. The minimum atomic E-state index is -3.57. The van der Waals surface area contributed by atoms with Crippen LogP contribution in [0.4, 0.5) is 0 Å². The Kier molecular flexibility index (Phi) is 6.73. The molecule has 0 spiro atoms. The number of hydrogen-bond acceptors (Lipinski definition) is 6. The monoisotopic (exact) mass is 415 g/mol. The summed E-state index contributed by atoms with van der Waals surface area (Å²) in [6.07, 6.45) is 4.47. The van der Waals surface area contributed by atoms with Crippen molar-refractivity contribution in [3.8, 4) is 0 Å². The van der Waals surface area contributed by atoms with Crippen LogP contribution >= 0.6 is 0 Å². The van der Waals surface area contributed by atoms with E-state index >= 15 is 0 Å². The van der Waals surface area contributed by atoms with Crippen LogP contribution in [0.5, 0.6) is 0 Å². The molecule has 0 bridgehead atoms. The van der Waals surface area contributed by atoms with Gasteiger partial charge in [0.05, 0.1) is 5.56 Å². The second-order valence-corrected chi connectivity index (χ2v) is 8.17. The van der Waals surface area contributed by atoms with Crippen molar-refractivity contribution in [3.63, 3.8) is 0 Å². The number of sulfonamides is 1. The Labute approximate surface area is 169 Å². The molecule has 8 nitrogen and oxygen atoms in total. The van der Waals surface area contributed by atoms with Crippen LogP contribution in [0.3, 0.4) is 0 Å². The van der Waals surface area contributed by atoms with Gasteiger partial charge < -0.3 is 9.64 Å². The van der Waals surface area contributed by atoms with Crippen LogP contribution in [-0.4, -0.2) is 67.3 Å². The Hall–Kier alpha value is -3.04. The largest absolute Gasteiger partial charge is 0.452 e. The van der Waals surface area contributed by atoms with Crippen molar-refractivity contribution in [3.05, 3.63) is 71.4 Å². The van der Waals surface area contributed by atoms with Gasteiger partial charge in [-0.3, -0.25) is 9.78 Å². The quantitative estimate of drug-likeness (QED) is 0.662. The van der Waals surface area contributed by atoms with Gasteiger partial charge >= 0.3 is 5.97 Å². The van der Waals surface area contributed by atoms with Crippen LogP contribution in [0.15, 0.2) is 60.3 Å². The van der Waals surface area contributed by atoms with Crippen molar-refractivity contribution < 1.29 is 22.7 Å². The fourth-order valence-corrected chi connectivity index (χ4v) is 3.97. The van der Waals surface area contributed by atoms with Gasteiger partial charge in [-0.2, -0.15) is 4.31 Å². The van der Waals surface area contributed by atoms with Crippen LogP contribution in [-0.2, 0) is 19.6 Å². The topological polar surface area (TPSA) is 96.9 Å². The number of benzene rings is 1. The fraction of sp³-hybridized carbons (Fsp3) is 0.250. The second-order valence-electron chi connectivity index (χ2n) is 6.35. The summed E-state index contributed by atoms with van der Waals surface area (Å²) in [6, 6.07) is 12.2. The second kappa shape index (κ2) is 9.44. The molecule has 9 heteroatoms. The lowest BCUT2D eigenvalue weighted by atomic mass is 10.2. The van der Waals surface area contributed by atoms with Gasteiger partial charge in [-0.05, 0) is 23.8 Å². The van der Waals surface area contributed by atoms with Crippen LogP contribution in [0.1, 0.15) is 15.9 Å². The number of piperazine rings is 1. The van der Waals surface area contributed by atoms with E-state index in [4.69, 9.17) is 4.74 Å². The zero-order valence-corrected chi connectivity index (χ0v) is 16.5. The summed E-state index contributed by atoms with van der Waals surface area (Å²) >= 11 is 0. The van der Waals surface area contributed by atoms with E-state index in [2.05, 4.69) is 4.98 Å². The summed E-state index contributed by atoms with van der Waals surface area (Å²) < 4.78 is 31.3. The third kappa shape index (κ3) is 5.72. The van der Waals surface area contributed by atoms with Crippen LogP contribution in [0.2, 0.25) is 0 Å². The molecule has 29 heavy (non-hydrogen) atoms. The first-order chi connectivity index (χ1) is 14.0. The molecule has 2 heterocycles. The SMILES string of the molecule is O=C(OCC(=O)N1CCN(S(=O)(=O)/C=C/c2ccccc2)CC1)c1ccncc1. The third-order valence-corrected chi connectivity index (χ3v) is 5.99. The summed E-state index contributed by atoms with van der Waals surface area (Å²) in [4.78, 5) is 29.4. The van der Waals surface area contributed by atoms with E-state index in [0.717, 1.165) is 5.56 Å². The minimum absolute atomic E-state index is 0.186. The predicted octanol–water partition coefficient (Wildman–Crippen LogP) is 1.38. The normalized spacial score (nSPS) is 15.4. The first kappa shape index (κ1) is 20.7. The van der Waals surface area contributed by atoms with Gasteiger partial charge in [-0.25, -0.2) is 13.2 Å². The maximum Gasteiger partial charge on any atom is 0.338 e. The summed E-state index contributed by atoms with van der Waals surface area (Å²) in [5.74, 6) is -0.961. The van der Waals surface area contributed by atoms with Gasteiger partial charge in [0.25, 0.3) is 5.91 Å². The van der Waals surface area contributed by atoms with Gasteiger partial charge in [0.15, 0.2) is 6.61 Å². The molecule has 152 valence electrons. The average Bonchev–Trinajstić information content (AvgIpc) is 2.77. The van der Waals surface area contributed by atoms with Crippen molar-refractivity contribution >= 4 is 28.0 Å². The highest BCUT2D eigenvalue weighted by atomic mass is 32.2. The molecular formula is C20H21N3O5S. The van der Waals surface area contributed by atoms with E-state index in [1.807, 2.05) is 30.3 Å². The number of rotatable bonds is 6. The highest BCUT2D eigenvalue weighted by molar-refractivity contribution is 7.92. The van der Waals surface area contributed by atoms with Gasteiger partial charge in [-0.1, -0.05) is 30.3 Å². The van der Waals surface area contributed by atoms with Crippen molar-refractivity contribution in [2.24, 2.45) is 0 Å². The first-order valence-electron chi connectivity index (χ1n) is 9.04. The highest BCUT2D eigenvalue weighted by Crippen LogP contribution is 2.12. The molecule has 1 aliphatic heterocycles. The molecular weight excluding hydrogens is 394 g/mol. The molecule has 1 aromatic heterocycles. The number of carbonyl (C=O) groups excluding carboxylic acids is 2. The van der Waals surface area contributed by atoms with Gasteiger partial charge in [-0.15, -0.1) is 0 Å². The number of nitrogens with zero attached hydrogens (tertiary/aromatic N) is 3. The van der Waals surface area contributed by atoms with E-state index in [1.165, 1.54) is 39.1 Å². The third-order valence-electron chi connectivity index (χ3n) is 4.43. The number of carbonyl (C=O) groups is 2. The number of ether oxygens (including phenoxy) is 1. The molecule has 1 amide bonds. The molecule has 1 aliphatic rings. The highest BCUT2D eigenvalue weighted by Gasteiger charge is 2.27. The van der Waals surface area contributed by atoms with Crippen LogP contribution < -0.4 is 0 Å². The standard InChI is InChI=1S/C20H21N3O5S/c24-19(16-28-20(25)18-6-9-21-10-7-18)22-11-13-23(14-12-22)29(26,27)15-8-17-4-2-1-3-5-17/h1-10,15H,11-14,16H2/b15-8+. The molecule has 0 saturated carbocycles. The van der Waals surface area contributed by atoms with Crippen molar-refractivity contribution in [2.45, 2.75) is 0 Å². The summed E-state index contributed by atoms with van der Waals surface area (Å²) in [6.45, 7) is 0.465. The molecule has 2 aromatic rings. The van der Waals surface area contributed by atoms with Gasteiger partial charge in [0, 0.05) is 44.0 Å². The zero-order chi connectivity index (χ0) is 20.7. The number of pyridine rings is 1. The van der Waals surface area contributed by atoms with Crippen molar-refractivity contribution in [2.75, 3.05) is 32.8 Å². The van der Waals surface area contributed by atoms with Crippen molar-refractivity contribution in [1.29, 1.82) is 0 Å². The summed E-state index contributed by atoms with van der Waals surface area (Å²) in [5, 5.41) is 1.18. The molecule has 0 radical (unpaired) electrons. The molecule has 0 aliphatic carbocycles. The number of aromatic nitrogens is 1. The molecule has 0 atom stereocenters. The summed E-state index contributed by atoms with van der Waals surface area (Å²) in [7, 11) is -3.57. The van der Waals surface area contributed by atoms with Crippen LogP contribution in [0.25, 0.3) is 6.08 Å². The van der Waals surface area contributed by atoms with Crippen molar-refractivity contribution in [1.82, 2.24) is 14.2 Å². The predicted molar refractivity (Wildman–Crippen MR) is 107 cm³/mol. The Bertz CT molecular complexity index is 970. The van der Waals surface area contributed by atoms with E-state index in [-0.39, 0.29) is 38.7 Å². The number of esters is 1. The lowest BCUT2D eigenvalue weighted by Crippen LogP contribution is -2.51. The first-order valence-corrected chi connectivity index (χ1v) is 10.5. The van der Waals surface area contributed by atoms with Gasteiger partial charge in [0.1, 0.15) is 0 Å². The summed E-state index contributed by atoms with van der Waals surface area (Å²) in [5.41, 5.74) is 1.11. The molecule has 1 saturated heterocycles. The maximum absolute atomic E-state index is 12.5. The Balaban J connectivity index is 1.48. The number of hydrogen-bond donors (Lipinski definition) is 0. The Morgan fingerprint density at radius 1 is 1.00 bits per heavy atom. The zero-order valence-electron chi connectivity index (χ0n) is 15.7. The van der Waals surface area contributed by atoms with E-state index in [9.17, 15) is 18.0 Å². The Morgan fingerprint density at radius 3 is 2.31 bits per heavy atom. The molecule has 0 unspecified atom stereocenters. The smallest absolute Gasteiger partial charge is 0.338 e. The fourth-order valence-electron chi connectivity index (χ4n) is 2.80. The molecule has 3 rings (SSSR count). The molecule has 1 fully saturated rings. The average molecular weight is 415 g/mol. The number of amides is 1. The minimum Gasteiger partial charge on any atom is -0.452 e. The van der Waals surface area contributed by atoms with Gasteiger partial charge in [0.2, 0.25) is 10.0 Å². The van der Waals surface area contributed by atoms with E-state index in [0.29, 0.717) is 5.56 Å². The maximum atomic E-state index is 12.5.